The minimum Gasteiger partial charge on any atom is -0.482 e. The monoisotopic (exact) mass is 192 g/mol. The van der Waals surface area contributed by atoms with Gasteiger partial charge in [0.15, 0.2) is 5.88 Å². The van der Waals surface area contributed by atoms with E-state index in [-0.39, 0.29) is 0 Å². The molecule has 3 nitrogen and oxygen atoms in total. The van der Waals surface area contributed by atoms with Gasteiger partial charge in [-0.15, -0.1) is 0 Å². The van der Waals surface area contributed by atoms with Crippen LogP contribution in [0, 0.1) is 6.92 Å². The zero-order chi connectivity index (χ0) is 10.6. The fourth-order valence-electron chi connectivity index (χ4n) is 1.27. The molecule has 0 bridgehead atoms. The summed E-state index contributed by atoms with van der Waals surface area (Å²) in [5.41, 5.74) is 1.92. The Morgan fingerprint density at radius 2 is 2.00 bits per heavy atom. The van der Waals surface area contributed by atoms with Gasteiger partial charge >= 0.3 is 0 Å². The number of hydrogen-bond donors (Lipinski definition) is 0. The highest BCUT2D eigenvalue weighted by molar-refractivity contribution is 5.43. The van der Waals surface area contributed by atoms with Gasteiger partial charge in [0.05, 0.1) is 12.8 Å². The van der Waals surface area contributed by atoms with Crippen LogP contribution >= 0.6 is 0 Å². The lowest BCUT2D eigenvalue weighted by molar-refractivity contribution is 0.392. The summed E-state index contributed by atoms with van der Waals surface area (Å²) >= 11 is 0. The van der Waals surface area contributed by atoms with Crippen molar-refractivity contribution in [2.45, 2.75) is 20.8 Å². The molecule has 0 aliphatic carbocycles. The average molecular weight is 192 g/mol. The van der Waals surface area contributed by atoms with Gasteiger partial charge in [-0.2, -0.15) is 0 Å². The Labute approximate surface area is 84.3 Å². The molecule has 0 atom stereocenters. The van der Waals surface area contributed by atoms with E-state index in [1.807, 2.05) is 49.6 Å². The molecule has 2 rings (SSSR count). The van der Waals surface area contributed by atoms with Crippen molar-refractivity contribution in [2.75, 3.05) is 7.11 Å². The normalized spacial score (nSPS) is 9.43. The largest absolute Gasteiger partial charge is 0.482 e. The summed E-state index contributed by atoms with van der Waals surface area (Å²) in [6, 6.07) is 5.80. The van der Waals surface area contributed by atoms with Crippen molar-refractivity contribution in [1.29, 1.82) is 0 Å². The van der Waals surface area contributed by atoms with E-state index >= 15 is 0 Å². The lowest BCUT2D eigenvalue weighted by Crippen LogP contribution is -1.91. The van der Waals surface area contributed by atoms with Gasteiger partial charge in [0.1, 0.15) is 5.65 Å². The molecule has 2 heterocycles. The molecule has 0 amide bonds. The molecule has 14 heavy (non-hydrogen) atoms. The van der Waals surface area contributed by atoms with Crippen LogP contribution in [0.15, 0.2) is 24.4 Å². The van der Waals surface area contributed by atoms with Gasteiger partial charge in [0, 0.05) is 6.20 Å². The highest BCUT2D eigenvalue weighted by Crippen LogP contribution is 2.13. The van der Waals surface area contributed by atoms with E-state index in [0.717, 1.165) is 17.2 Å². The van der Waals surface area contributed by atoms with E-state index in [9.17, 15) is 0 Å². The third-order valence-corrected chi connectivity index (χ3v) is 1.78. The number of rotatable bonds is 1. The summed E-state index contributed by atoms with van der Waals surface area (Å²) in [5.74, 6) is 0.813. The quantitative estimate of drug-likeness (QED) is 0.694. The number of ether oxygens (including phenoxy) is 1. The predicted molar refractivity (Wildman–Crippen MR) is 57.8 cm³/mol. The van der Waals surface area contributed by atoms with Gasteiger partial charge in [-0.3, -0.25) is 4.40 Å². The molecule has 0 fully saturated rings. The fourth-order valence-corrected chi connectivity index (χ4v) is 1.27. The van der Waals surface area contributed by atoms with Crippen molar-refractivity contribution in [2.24, 2.45) is 0 Å². The summed E-state index contributed by atoms with van der Waals surface area (Å²) in [6.45, 7) is 5.96. The van der Waals surface area contributed by atoms with Crippen LogP contribution in [0.2, 0.25) is 0 Å². The lowest BCUT2D eigenvalue weighted by atomic mass is 10.4. The van der Waals surface area contributed by atoms with Gasteiger partial charge in [-0.05, 0) is 19.1 Å². The molecule has 2 aromatic heterocycles. The molecular formula is C11H16N2O. The van der Waals surface area contributed by atoms with Crippen LogP contribution in [0.4, 0.5) is 0 Å². The van der Waals surface area contributed by atoms with E-state index in [4.69, 9.17) is 4.74 Å². The summed E-state index contributed by atoms with van der Waals surface area (Å²) in [7, 11) is 1.66. The number of imidazole rings is 1. The summed E-state index contributed by atoms with van der Waals surface area (Å²) in [6.07, 6.45) is 1.95. The number of hydrogen-bond acceptors (Lipinski definition) is 2. The molecule has 0 spiro atoms. The second-order valence-electron chi connectivity index (χ2n) is 2.68. The van der Waals surface area contributed by atoms with E-state index in [1.165, 1.54) is 0 Å². The maximum atomic E-state index is 5.16. The number of pyridine rings is 1. The van der Waals surface area contributed by atoms with Crippen LogP contribution in [0.5, 0.6) is 5.88 Å². The smallest absolute Gasteiger partial charge is 0.198 e. The first kappa shape index (κ1) is 10.6. The minimum atomic E-state index is 0.813. The molecule has 0 unspecified atom stereocenters. The average Bonchev–Trinajstić information content (AvgIpc) is 2.60. The number of methoxy groups -OCH3 is 1. The molecular weight excluding hydrogens is 176 g/mol. The Morgan fingerprint density at radius 1 is 1.29 bits per heavy atom. The number of nitrogens with zero attached hydrogens (tertiary/aromatic N) is 2. The second kappa shape index (κ2) is 4.65. The molecule has 0 aliphatic heterocycles. The summed E-state index contributed by atoms with van der Waals surface area (Å²) in [4.78, 5) is 4.30. The Morgan fingerprint density at radius 3 is 2.64 bits per heavy atom. The zero-order valence-electron chi connectivity index (χ0n) is 9.11. The molecule has 0 aromatic carbocycles. The Kier molecular flexibility index (Phi) is 3.51. The third kappa shape index (κ3) is 1.87. The molecule has 76 valence electrons. The third-order valence-electron chi connectivity index (χ3n) is 1.78. The number of aryl methyl sites for hydroxylation is 1. The van der Waals surface area contributed by atoms with Gasteiger partial charge in [0.2, 0.25) is 0 Å². The second-order valence-corrected chi connectivity index (χ2v) is 2.68. The molecule has 3 heteroatoms. The minimum absolute atomic E-state index is 0.813. The molecule has 0 saturated carbocycles. The van der Waals surface area contributed by atoms with E-state index in [1.54, 1.807) is 7.11 Å². The highest BCUT2D eigenvalue weighted by Gasteiger charge is 2.00. The van der Waals surface area contributed by atoms with Crippen LogP contribution in [-0.2, 0) is 0 Å². The summed E-state index contributed by atoms with van der Waals surface area (Å²) in [5, 5.41) is 0. The SMILES string of the molecule is CC.COc1cccc2nc(C)cn12. The van der Waals surface area contributed by atoms with Gasteiger partial charge in [0.25, 0.3) is 0 Å². The zero-order valence-corrected chi connectivity index (χ0v) is 9.11. The van der Waals surface area contributed by atoms with Crippen molar-refractivity contribution in [1.82, 2.24) is 9.38 Å². The lowest BCUT2D eigenvalue weighted by Gasteiger charge is -2.01. The Bertz CT molecular complexity index is 407. The van der Waals surface area contributed by atoms with Crippen molar-refractivity contribution >= 4 is 5.65 Å². The topological polar surface area (TPSA) is 26.5 Å². The van der Waals surface area contributed by atoms with E-state index < -0.39 is 0 Å². The van der Waals surface area contributed by atoms with Gasteiger partial charge in [-0.1, -0.05) is 19.9 Å². The first-order chi connectivity index (χ1) is 6.81. The number of fused-ring (bicyclic) bond motifs is 1. The van der Waals surface area contributed by atoms with E-state index in [2.05, 4.69) is 4.98 Å². The Balaban J connectivity index is 0.000000461. The van der Waals surface area contributed by atoms with Crippen LogP contribution < -0.4 is 4.74 Å². The summed E-state index contributed by atoms with van der Waals surface area (Å²) < 4.78 is 7.09. The van der Waals surface area contributed by atoms with Crippen molar-refractivity contribution in [3.05, 3.63) is 30.1 Å². The van der Waals surface area contributed by atoms with Crippen LogP contribution in [0.25, 0.3) is 5.65 Å². The first-order valence-corrected chi connectivity index (χ1v) is 4.80. The van der Waals surface area contributed by atoms with Crippen LogP contribution in [0.3, 0.4) is 0 Å². The maximum absolute atomic E-state index is 5.16. The first-order valence-electron chi connectivity index (χ1n) is 4.80. The fraction of sp³-hybridized carbons (Fsp3) is 0.364. The molecule has 0 saturated heterocycles. The molecule has 0 radical (unpaired) electrons. The maximum Gasteiger partial charge on any atom is 0.198 e. The number of aromatic nitrogens is 2. The standard InChI is InChI=1S/C9H10N2O.C2H6/c1-7-6-11-8(10-7)4-3-5-9(11)12-2;1-2/h3-6H,1-2H3;1-2H3. The molecule has 2 aromatic rings. The highest BCUT2D eigenvalue weighted by atomic mass is 16.5. The van der Waals surface area contributed by atoms with Gasteiger partial charge < -0.3 is 4.74 Å². The van der Waals surface area contributed by atoms with Crippen LogP contribution in [0.1, 0.15) is 19.5 Å². The molecule has 0 aliphatic rings. The van der Waals surface area contributed by atoms with Crippen molar-refractivity contribution in [3.8, 4) is 5.88 Å². The van der Waals surface area contributed by atoms with E-state index in [0.29, 0.717) is 0 Å². The molecule has 0 N–H and O–H groups in total. The van der Waals surface area contributed by atoms with Crippen molar-refractivity contribution < 1.29 is 4.74 Å². The predicted octanol–water partition coefficient (Wildman–Crippen LogP) is 2.68. The van der Waals surface area contributed by atoms with Crippen LogP contribution in [-0.4, -0.2) is 16.5 Å². The van der Waals surface area contributed by atoms with Gasteiger partial charge in [-0.25, -0.2) is 4.98 Å². The van der Waals surface area contributed by atoms with Crippen molar-refractivity contribution in [3.63, 3.8) is 0 Å². The Hall–Kier alpha value is -1.51.